The van der Waals surface area contributed by atoms with Crippen LogP contribution in [0.25, 0.3) is 0 Å². The fourth-order valence-electron chi connectivity index (χ4n) is 1.29. The van der Waals surface area contributed by atoms with E-state index in [9.17, 15) is 27.9 Å². The second-order valence-corrected chi connectivity index (χ2v) is 4.31. The molecule has 1 amide bonds. The predicted molar refractivity (Wildman–Crippen MR) is 63.7 cm³/mol. The van der Waals surface area contributed by atoms with Gasteiger partial charge in [0.15, 0.2) is 5.60 Å². The first-order chi connectivity index (χ1) is 9.53. The third-order valence-electron chi connectivity index (χ3n) is 2.41. The van der Waals surface area contributed by atoms with Crippen LogP contribution in [0, 0.1) is 0 Å². The Hall–Kier alpha value is -2.29. The van der Waals surface area contributed by atoms with Crippen molar-refractivity contribution in [3.63, 3.8) is 0 Å². The maximum Gasteiger partial charge on any atom is 0.573 e. The monoisotopic (exact) mass is 307 g/mol. The molecule has 1 rings (SSSR count). The quantitative estimate of drug-likeness (QED) is 0.758. The van der Waals surface area contributed by atoms with E-state index in [1.807, 2.05) is 5.32 Å². The van der Waals surface area contributed by atoms with Crippen LogP contribution in [0.1, 0.15) is 17.3 Å². The number of aliphatic carboxylic acids is 1. The SMILES string of the molecule is CC(O)(CNC(=O)c1ccccc1OC(F)(F)F)C(=O)O. The first-order valence-corrected chi connectivity index (χ1v) is 5.62. The first kappa shape index (κ1) is 16.8. The molecule has 0 saturated carbocycles. The van der Waals surface area contributed by atoms with E-state index < -0.39 is 41.7 Å². The Balaban J connectivity index is 2.86. The number of ether oxygens (including phenoxy) is 1. The summed E-state index contributed by atoms with van der Waals surface area (Å²) in [6, 6.07) is 4.57. The van der Waals surface area contributed by atoms with Crippen molar-refractivity contribution in [2.75, 3.05) is 6.54 Å². The highest BCUT2D eigenvalue weighted by atomic mass is 19.4. The lowest BCUT2D eigenvalue weighted by molar-refractivity contribution is -0.274. The molecule has 0 radical (unpaired) electrons. The molecule has 0 aliphatic carbocycles. The molecular formula is C12H12F3NO5. The zero-order chi connectivity index (χ0) is 16.3. The number of benzene rings is 1. The molecule has 1 atom stereocenters. The first-order valence-electron chi connectivity index (χ1n) is 5.62. The van der Waals surface area contributed by atoms with E-state index in [1.54, 1.807) is 0 Å². The Kier molecular flexibility index (Phi) is 4.79. The summed E-state index contributed by atoms with van der Waals surface area (Å²) in [6.45, 7) is 0.259. The van der Waals surface area contributed by atoms with Gasteiger partial charge in [0.05, 0.1) is 12.1 Å². The Morgan fingerprint density at radius 2 is 1.86 bits per heavy atom. The molecule has 1 aromatic rings. The number of hydrogen-bond donors (Lipinski definition) is 3. The van der Waals surface area contributed by atoms with Crippen LogP contribution >= 0.6 is 0 Å². The summed E-state index contributed by atoms with van der Waals surface area (Å²) in [5, 5.41) is 20.1. The summed E-state index contributed by atoms with van der Waals surface area (Å²) < 4.78 is 40.3. The van der Waals surface area contributed by atoms with Gasteiger partial charge >= 0.3 is 12.3 Å². The number of amides is 1. The van der Waals surface area contributed by atoms with Gasteiger partial charge in [0, 0.05) is 0 Å². The summed E-state index contributed by atoms with van der Waals surface area (Å²) in [4.78, 5) is 22.4. The van der Waals surface area contributed by atoms with Gasteiger partial charge in [-0.25, -0.2) is 4.79 Å². The summed E-state index contributed by atoms with van der Waals surface area (Å²) in [5.41, 5.74) is -2.67. The number of rotatable bonds is 5. The van der Waals surface area contributed by atoms with Gasteiger partial charge in [-0.15, -0.1) is 13.2 Å². The fraction of sp³-hybridized carbons (Fsp3) is 0.333. The molecule has 0 aliphatic heterocycles. The third-order valence-corrected chi connectivity index (χ3v) is 2.41. The second-order valence-electron chi connectivity index (χ2n) is 4.31. The van der Waals surface area contributed by atoms with Crippen LogP contribution in [0.5, 0.6) is 5.75 Å². The highest BCUT2D eigenvalue weighted by molar-refractivity contribution is 5.97. The van der Waals surface area contributed by atoms with Gasteiger partial charge in [0.1, 0.15) is 5.75 Å². The number of nitrogens with one attached hydrogen (secondary N) is 1. The maximum absolute atomic E-state index is 12.2. The number of carboxylic acid groups (broad SMARTS) is 1. The van der Waals surface area contributed by atoms with Crippen LogP contribution in [0.4, 0.5) is 13.2 Å². The Labute approximate surface area is 117 Å². The average Bonchev–Trinajstić information content (AvgIpc) is 2.34. The van der Waals surface area contributed by atoms with Crippen molar-refractivity contribution < 1.29 is 37.7 Å². The molecule has 0 aliphatic rings. The van der Waals surface area contributed by atoms with Crippen LogP contribution in [0.2, 0.25) is 0 Å². The molecule has 3 N–H and O–H groups in total. The van der Waals surface area contributed by atoms with E-state index in [0.29, 0.717) is 0 Å². The van der Waals surface area contributed by atoms with Gasteiger partial charge in [-0.2, -0.15) is 0 Å². The van der Waals surface area contributed by atoms with E-state index >= 15 is 0 Å². The molecule has 1 aromatic carbocycles. The predicted octanol–water partition coefficient (Wildman–Crippen LogP) is 1.15. The number of carbonyl (C=O) groups excluding carboxylic acids is 1. The smallest absolute Gasteiger partial charge is 0.479 e. The van der Waals surface area contributed by atoms with E-state index in [0.717, 1.165) is 19.1 Å². The van der Waals surface area contributed by atoms with Crippen molar-refractivity contribution in [1.29, 1.82) is 0 Å². The van der Waals surface area contributed by atoms with Crippen LogP contribution in [0.3, 0.4) is 0 Å². The van der Waals surface area contributed by atoms with Gasteiger partial charge in [-0.3, -0.25) is 4.79 Å². The van der Waals surface area contributed by atoms with E-state index in [2.05, 4.69) is 4.74 Å². The third kappa shape index (κ3) is 4.95. The lowest BCUT2D eigenvalue weighted by atomic mass is 10.1. The standard InChI is InChI=1S/C12H12F3NO5/c1-11(20,10(18)19)6-16-9(17)7-4-2-3-5-8(7)21-12(13,14)15/h2-5,20H,6H2,1H3,(H,16,17)(H,18,19). The number of halogens is 3. The zero-order valence-corrected chi connectivity index (χ0v) is 10.8. The minimum atomic E-state index is -4.97. The average molecular weight is 307 g/mol. The van der Waals surface area contributed by atoms with Gasteiger partial charge in [-0.05, 0) is 19.1 Å². The molecule has 0 fully saturated rings. The molecule has 0 bridgehead atoms. The van der Waals surface area contributed by atoms with E-state index in [-0.39, 0.29) is 0 Å². The largest absolute Gasteiger partial charge is 0.573 e. The van der Waals surface area contributed by atoms with Crippen molar-refractivity contribution in [2.24, 2.45) is 0 Å². The summed E-state index contributed by atoms with van der Waals surface area (Å²) >= 11 is 0. The van der Waals surface area contributed by atoms with Gasteiger partial charge in [0.2, 0.25) is 0 Å². The molecule has 21 heavy (non-hydrogen) atoms. The Morgan fingerprint density at radius 3 is 2.38 bits per heavy atom. The summed E-state index contributed by atoms with van der Waals surface area (Å²) in [7, 11) is 0. The minimum absolute atomic E-state index is 0.434. The fourth-order valence-corrected chi connectivity index (χ4v) is 1.29. The molecular weight excluding hydrogens is 295 g/mol. The van der Waals surface area contributed by atoms with Gasteiger partial charge in [0.25, 0.3) is 5.91 Å². The lowest BCUT2D eigenvalue weighted by Crippen LogP contribution is -2.46. The normalized spacial score (nSPS) is 14.1. The zero-order valence-electron chi connectivity index (χ0n) is 10.8. The molecule has 0 saturated heterocycles. The number of para-hydroxylation sites is 1. The summed E-state index contributed by atoms with van der Waals surface area (Å²) in [5.74, 6) is -3.31. The van der Waals surface area contributed by atoms with Crippen LogP contribution < -0.4 is 10.1 Å². The van der Waals surface area contributed by atoms with Crippen LogP contribution in [-0.4, -0.2) is 40.6 Å². The van der Waals surface area contributed by atoms with Crippen molar-refractivity contribution in [1.82, 2.24) is 5.32 Å². The maximum atomic E-state index is 12.2. The van der Waals surface area contributed by atoms with Crippen molar-refractivity contribution in [3.8, 4) is 5.75 Å². The van der Waals surface area contributed by atoms with Gasteiger partial charge in [-0.1, -0.05) is 12.1 Å². The van der Waals surface area contributed by atoms with Crippen molar-refractivity contribution in [3.05, 3.63) is 29.8 Å². The van der Waals surface area contributed by atoms with Gasteiger partial charge < -0.3 is 20.3 Å². The topological polar surface area (TPSA) is 95.9 Å². The minimum Gasteiger partial charge on any atom is -0.479 e. The number of alkyl halides is 3. The Morgan fingerprint density at radius 1 is 1.29 bits per heavy atom. The molecule has 0 heterocycles. The Bertz CT molecular complexity index is 542. The molecule has 0 spiro atoms. The van der Waals surface area contributed by atoms with E-state index in [4.69, 9.17) is 5.11 Å². The van der Waals surface area contributed by atoms with E-state index in [1.165, 1.54) is 12.1 Å². The van der Waals surface area contributed by atoms with Crippen molar-refractivity contribution >= 4 is 11.9 Å². The second kappa shape index (κ2) is 6.00. The highest BCUT2D eigenvalue weighted by Crippen LogP contribution is 2.26. The van der Waals surface area contributed by atoms with Crippen LogP contribution in [-0.2, 0) is 4.79 Å². The molecule has 9 heteroatoms. The highest BCUT2D eigenvalue weighted by Gasteiger charge is 2.34. The van der Waals surface area contributed by atoms with Crippen molar-refractivity contribution in [2.45, 2.75) is 18.9 Å². The van der Waals surface area contributed by atoms with Crippen LogP contribution in [0.15, 0.2) is 24.3 Å². The number of hydrogen-bond acceptors (Lipinski definition) is 4. The number of carboxylic acids is 1. The summed E-state index contributed by atoms with van der Waals surface area (Å²) in [6.07, 6.45) is -4.97. The molecule has 116 valence electrons. The molecule has 0 aromatic heterocycles. The molecule has 1 unspecified atom stereocenters. The number of aliphatic hydroxyl groups is 1. The number of carbonyl (C=O) groups is 2. The molecule has 6 nitrogen and oxygen atoms in total. The lowest BCUT2D eigenvalue weighted by Gasteiger charge is -2.19.